The molecule has 1 aliphatic heterocycles. The molecule has 1 N–H and O–H groups in total. The van der Waals surface area contributed by atoms with Gasteiger partial charge in [0.2, 0.25) is 0 Å². The summed E-state index contributed by atoms with van der Waals surface area (Å²) in [5, 5.41) is 3.65. The Kier molecular flexibility index (Phi) is 3.17. The van der Waals surface area contributed by atoms with Crippen LogP contribution < -0.4 is 5.32 Å². The summed E-state index contributed by atoms with van der Waals surface area (Å²) in [4.78, 5) is 2.67. The zero-order valence-corrected chi connectivity index (χ0v) is 10.3. The van der Waals surface area contributed by atoms with E-state index in [0.29, 0.717) is 11.5 Å². The smallest absolute Gasteiger partial charge is 0.0244 e. The standard InChI is InChI=1S/C13H24N2/c1-13(2,3)12-10-15(9-8-14-12)11-6-4-5-7-11/h4-5,11-12,14H,6-10H2,1-3H3. The van der Waals surface area contributed by atoms with E-state index in [1.807, 2.05) is 0 Å². The molecule has 2 rings (SSSR count). The molecule has 0 bridgehead atoms. The van der Waals surface area contributed by atoms with Gasteiger partial charge in [-0.1, -0.05) is 32.9 Å². The highest BCUT2D eigenvalue weighted by molar-refractivity contribution is 5.00. The van der Waals surface area contributed by atoms with E-state index in [4.69, 9.17) is 0 Å². The highest BCUT2D eigenvalue weighted by atomic mass is 15.2. The minimum absolute atomic E-state index is 0.380. The van der Waals surface area contributed by atoms with E-state index >= 15 is 0 Å². The Morgan fingerprint density at radius 3 is 2.47 bits per heavy atom. The molecule has 0 amide bonds. The number of hydrogen-bond acceptors (Lipinski definition) is 2. The quantitative estimate of drug-likeness (QED) is 0.663. The first-order valence-electron chi connectivity index (χ1n) is 6.20. The van der Waals surface area contributed by atoms with Gasteiger partial charge in [0.1, 0.15) is 0 Å². The first-order chi connectivity index (χ1) is 7.07. The Morgan fingerprint density at radius 2 is 1.87 bits per heavy atom. The van der Waals surface area contributed by atoms with Crippen molar-refractivity contribution in [3.8, 4) is 0 Å². The molecule has 1 heterocycles. The zero-order valence-electron chi connectivity index (χ0n) is 10.3. The van der Waals surface area contributed by atoms with Gasteiger partial charge >= 0.3 is 0 Å². The normalized spacial score (nSPS) is 29.9. The van der Waals surface area contributed by atoms with Crippen molar-refractivity contribution in [1.29, 1.82) is 0 Å². The van der Waals surface area contributed by atoms with Gasteiger partial charge < -0.3 is 5.32 Å². The van der Waals surface area contributed by atoms with Crippen LogP contribution in [0.4, 0.5) is 0 Å². The summed E-state index contributed by atoms with van der Waals surface area (Å²) in [6.07, 6.45) is 7.19. The number of piperazine rings is 1. The Morgan fingerprint density at radius 1 is 1.20 bits per heavy atom. The zero-order chi connectivity index (χ0) is 10.9. The molecule has 1 unspecified atom stereocenters. The van der Waals surface area contributed by atoms with E-state index in [-0.39, 0.29) is 0 Å². The van der Waals surface area contributed by atoms with Crippen LogP contribution in [-0.4, -0.2) is 36.6 Å². The molecule has 0 aromatic heterocycles. The Hall–Kier alpha value is -0.340. The number of nitrogens with zero attached hydrogens (tertiary/aromatic N) is 1. The SMILES string of the molecule is CC(C)(C)C1CN(C2CC=CC2)CCN1. The lowest BCUT2D eigenvalue weighted by Crippen LogP contribution is -2.57. The summed E-state index contributed by atoms with van der Waals surface area (Å²) in [7, 11) is 0. The molecule has 0 radical (unpaired) electrons. The molecule has 1 atom stereocenters. The van der Waals surface area contributed by atoms with Crippen LogP contribution in [0.15, 0.2) is 12.2 Å². The monoisotopic (exact) mass is 208 g/mol. The molecule has 0 aromatic rings. The summed E-state index contributed by atoms with van der Waals surface area (Å²) >= 11 is 0. The van der Waals surface area contributed by atoms with E-state index in [9.17, 15) is 0 Å². The molecule has 0 saturated carbocycles. The third-order valence-electron chi connectivity index (χ3n) is 3.75. The highest BCUT2D eigenvalue weighted by Gasteiger charge is 2.31. The third kappa shape index (κ3) is 2.61. The van der Waals surface area contributed by atoms with Crippen molar-refractivity contribution in [2.24, 2.45) is 5.41 Å². The fourth-order valence-electron chi connectivity index (χ4n) is 2.59. The summed E-state index contributed by atoms with van der Waals surface area (Å²) in [6, 6.07) is 1.43. The van der Waals surface area contributed by atoms with Crippen molar-refractivity contribution in [2.75, 3.05) is 19.6 Å². The minimum atomic E-state index is 0.380. The second-order valence-corrected chi connectivity index (χ2v) is 5.96. The van der Waals surface area contributed by atoms with Gasteiger partial charge in [0, 0.05) is 31.7 Å². The van der Waals surface area contributed by atoms with Crippen LogP contribution in [0, 0.1) is 5.41 Å². The van der Waals surface area contributed by atoms with Gasteiger partial charge in [-0.3, -0.25) is 4.90 Å². The van der Waals surface area contributed by atoms with Crippen molar-refractivity contribution >= 4 is 0 Å². The highest BCUT2D eigenvalue weighted by Crippen LogP contribution is 2.25. The van der Waals surface area contributed by atoms with Crippen molar-refractivity contribution < 1.29 is 0 Å². The molecule has 2 heteroatoms. The van der Waals surface area contributed by atoms with Crippen molar-refractivity contribution in [3.63, 3.8) is 0 Å². The van der Waals surface area contributed by atoms with Gasteiger partial charge in [0.05, 0.1) is 0 Å². The second-order valence-electron chi connectivity index (χ2n) is 5.96. The molecule has 1 fully saturated rings. The van der Waals surface area contributed by atoms with E-state index in [1.165, 1.54) is 25.9 Å². The van der Waals surface area contributed by atoms with Crippen LogP contribution in [0.5, 0.6) is 0 Å². The molecule has 2 nitrogen and oxygen atoms in total. The van der Waals surface area contributed by atoms with Gasteiger partial charge in [-0.05, 0) is 18.3 Å². The molecular weight excluding hydrogens is 184 g/mol. The van der Waals surface area contributed by atoms with Crippen LogP contribution in [0.1, 0.15) is 33.6 Å². The molecular formula is C13H24N2. The topological polar surface area (TPSA) is 15.3 Å². The lowest BCUT2D eigenvalue weighted by atomic mass is 9.85. The molecule has 1 saturated heterocycles. The summed E-state index contributed by atoms with van der Waals surface area (Å²) in [6.45, 7) is 10.6. The number of rotatable bonds is 1. The largest absolute Gasteiger partial charge is 0.311 e. The maximum atomic E-state index is 3.65. The molecule has 0 aromatic carbocycles. The Labute approximate surface area is 93.7 Å². The fourth-order valence-corrected chi connectivity index (χ4v) is 2.59. The van der Waals surface area contributed by atoms with Gasteiger partial charge in [-0.15, -0.1) is 0 Å². The lowest BCUT2D eigenvalue weighted by Gasteiger charge is -2.42. The molecule has 2 aliphatic rings. The van der Waals surface area contributed by atoms with Crippen molar-refractivity contribution in [3.05, 3.63) is 12.2 Å². The van der Waals surface area contributed by atoms with Crippen LogP contribution in [-0.2, 0) is 0 Å². The van der Waals surface area contributed by atoms with Crippen LogP contribution >= 0.6 is 0 Å². The predicted molar refractivity (Wildman–Crippen MR) is 65.0 cm³/mol. The summed E-state index contributed by atoms with van der Waals surface area (Å²) in [5.41, 5.74) is 0.380. The molecule has 15 heavy (non-hydrogen) atoms. The van der Waals surface area contributed by atoms with Crippen molar-refractivity contribution in [1.82, 2.24) is 10.2 Å². The lowest BCUT2D eigenvalue weighted by molar-refractivity contribution is 0.102. The number of nitrogens with one attached hydrogen (secondary N) is 1. The van der Waals surface area contributed by atoms with Crippen molar-refractivity contribution in [2.45, 2.75) is 45.7 Å². The molecule has 1 aliphatic carbocycles. The predicted octanol–water partition coefficient (Wildman–Crippen LogP) is 2.02. The van der Waals surface area contributed by atoms with E-state index in [0.717, 1.165) is 12.6 Å². The third-order valence-corrected chi connectivity index (χ3v) is 3.75. The summed E-state index contributed by atoms with van der Waals surface area (Å²) in [5.74, 6) is 0. The van der Waals surface area contributed by atoms with Crippen LogP contribution in [0.2, 0.25) is 0 Å². The summed E-state index contributed by atoms with van der Waals surface area (Å²) < 4.78 is 0. The Balaban J connectivity index is 1.92. The van der Waals surface area contributed by atoms with E-state index in [2.05, 4.69) is 43.1 Å². The molecule has 86 valence electrons. The average molecular weight is 208 g/mol. The minimum Gasteiger partial charge on any atom is -0.311 e. The van der Waals surface area contributed by atoms with Crippen LogP contribution in [0.3, 0.4) is 0 Å². The van der Waals surface area contributed by atoms with E-state index < -0.39 is 0 Å². The van der Waals surface area contributed by atoms with Gasteiger partial charge in [0.15, 0.2) is 0 Å². The second kappa shape index (κ2) is 4.26. The van der Waals surface area contributed by atoms with Gasteiger partial charge in [-0.2, -0.15) is 0 Å². The molecule has 0 spiro atoms. The fraction of sp³-hybridized carbons (Fsp3) is 0.846. The maximum absolute atomic E-state index is 3.65. The van der Waals surface area contributed by atoms with Gasteiger partial charge in [0.25, 0.3) is 0 Å². The maximum Gasteiger partial charge on any atom is 0.0244 e. The first-order valence-corrected chi connectivity index (χ1v) is 6.20. The number of hydrogen-bond donors (Lipinski definition) is 1. The first kappa shape index (κ1) is 11.2. The Bertz CT molecular complexity index is 231. The van der Waals surface area contributed by atoms with E-state index in [1.54, 1.807) is 0 Å². The van der Waals surface area contributed by atoms with Gasteiger partial charge in [-0.25, -0.2) is 0 Å². The van der Waals surface area contributed by atoms with Crippen LogP contribution in [0.25, 0.3) is 0 Å². The average Bonchev–Trinajstić information content (AvgIpc) is 2.69.